The Labute approximate surface area is 119 Å². The van der Waals surface area contributed by atoms with Crippen molar-refractivity contribution in [3.8, 4) is 0 Å². The third-order valence-corrected chi connectivity index (χ3v) is 3.59. The summed E-state index contributed by atoms with van der Waals surface area (Å²) in [6, 6.07) is 6.51. The number of ketones is 1. The second-order valence-corrected chi connectivity index (χ2v) is 5.38. The SMILES string of the molecule is CC(C)n1ccc(CC(=O)c2cccc(F)c2Br)n1. The Kier molecular flexibility index (Phi) is 4.14. The lowest BCUT2D eigenvalue weighted by atomic mass is 10.1. The maximum atomic E-state index is 13.4. The average molecular weight is 325 g/mol. The third kappa shape index (κ3) is 3.10. The number of nitrogens with zero attached hydrogens (tertiary/aromatic N) is 2. The Balaban J connectivity index is 2.18. The van der Waals surface area contributed by atoms with Gasteiger partial charge in [-0.3, -0.25) is 9.48 Å². The second kappa shape index (κ2) is 5.65. The average Bonchev–Trinajstić information content (AvgIpc) is 2.81. The summed E-state index contributed by atoms with van der Waals surface area (Å²) in [6.07, 6.45) is 2.01. The first-order valence-corrected chi connectivity index (χ1v) is 6.79. The molecule has 1 aromatic heterocycles. The van der Waals surface area contributed by atoms with Crippen LogP contribution in [0.1, 0.15) is 35.9 Å². The summed E-state index contributed by atoms with van der Waals surface area (Å²) in [5.41, 5.74) is 1.04. The molecule has 0 N–H and O–H groups in total. The highest BCUT2D eigenvalue weighted by Crippen LogP contribution is 2.21. The van der Waals surface area contributed by atoms with E-state index < -0.39 is 5.82 Å². The summed E-state index contributed by atoms with van der Waals surface area (Å²) in [4.78, 5) is 12.1. The van der Waals surface area contributed by atoms with Gasteiger partial charge < -0.3 is 0 Å². The summed E-state index contributed by atoms with van der Waals surface area (Å²) in [7, 11) is 0. The van der Waals surface area contributed by atoms with E-state index in [-0.39, 0.29) is 22.7 Å². The normalized spacial score (nSPS) is 11.0. The molecule has 0 atom stereocenters. The summed E-state index contributed by atoms with van der Waals surface area (Å²) < 4.78 is 15.4. The van der Waals surface area contributed by atoms with Gasteiger partial charge in [-0.1, -0.05) is 12.1 Å². The van der Waals surface area contributed by atoms with Crippen molar-refractivity contribution in [2.45, 2.75) is 26.3 Å². The van der Waals surface area contributed by atoms with Crippen LogP contribution in [0.5, 0.6) is 0 Å². The molecule has 0 unspecified atom stereocenters. The van der Waals surface area contributed by atoms with E-state index in [0.717, 1.165) is 0 Å². The van der Waals surface area contributed by atoms with Crippen LogP contribution in [0.25, 0.3) is 0 Å². The fourth-order valence-corrected chi connectivity index (χ4v) is 2.22. The number of carbonyl (C=O) groups is 1. The standard InChI is InChI=1S/C14H14BrFN2O/c1-9(2)18-7-6-10(17-18)8-13(19)11-4-3-5-12(16)14(11)15/h3-7,9H,8H2,1-2H3. The Bertz CT molecular complexity index is 607. The number of benzene rings is 1. The maximum absolute atomic E-state index is 13.4. The molecule has 0 amide bonds. The number of aromatic nitrogens is 2. The van der Waals surface area contributed by atoms with Gasteiger partial charge in [0.25, 0.3) is 0 Å². The van der Waals surface area contributed by atoms with Crippen molar-refractivity contribution < 1.29 is 9.18 Å². The fourth-order valence-electron chi connectivity index (χ4n) is 1.74. The predicted molar refractivity (Wildman–Crippen MR) is 74.7 cm³/mol. The quantitative estimate of drug-likeness (QED) is 0.802. The van der Waals surface area contributed by atoms with Gasteiger partial charge in [-0.15, -0.1) is 0 Å². The molecular formula is C14H14BrFN2O. The van der Waals surface area contributed by atoms with Gasteiger partial charge in [0.15, 0.2) is 5.78 Å². The molecule has 0 saturated heterocycles. The molecule has 0 spiro atoms. The molecule has 0 bridgehead atoms. The second-order valence-electron chi connectivity index (χ2n) is 4.58. The Morgan fingerprint density at radius 3 is 2.79 bits per heavy atom. The van der Waals surface area contributed by atoms with Gasteiger partial charge in [-0.25, -0.2) is 4.39 Å². The molecule has 2 aromatic rings. The molecule has 100 valence electrons. The van der Waals surface area contributed by atoms with Gasteiger partial charge in [0, 0.05) is 17.8 Å². The topological polar surface area (TPSA) is 34.9 Å². The number of hydrogen-bond donors (Lipinski definition) is 0. The van der Waals surface area contributed by atoms with Gasteiger partial charge in [0.2, 0.25) is 0 Å². The lowest BCUT2D eigenvalue weighted by Crippen LogP contribution is -2.07. The third-order valence-electron chi connectivity index (χ3n) is 2.79. The van der Waals surface area contributed by atoms with Crippen LogP contribution in [0.2, 0.25) is 0 Å². The van der Waals surface area contributed by atoms with E-state index in [2.05, 4.69) is 21.0 Å². The molecule has 5 heteroatoms. The minimum Gasteiger partial charge on any atom is -0.294 e. The summed E-state index contributed by atoms with van der Waals surface area (Å²) >= 11 is 3.10. The summed E-state index contributed by atoms with van der Waals surface area (Å²) in [6.45, 7) is 4.03. The van der Waals surface area contributed by atoms with E-state index >= 15 is 0 Å². The molecule has 0 aliphatic carbocycles. The Morgan fingerprint density at radius 2 is 2.16 bits per heavy atom. The molecule has 1 heterocycles. The fraction of sp³-hybridized carbons (Fsp3) is 0.286. The number of halogens is 2. The summed E-state index contributed by atoms with van der Waals surface area (Å²) in [5, 5.41) is 4.31. The zero-order chi connectivity index (χ0) is 14.0. The zero-order valence-corrected chi connectivity index (χ0v) is 12.3. The molecule has 0 aliphatic heterocycles. The lowest BCUT2D eigenvalue weighted by Gasteiger charge is -2.05. The van der Waals surface area contributed by atoms with Crippen molar-refractivity contribution in [3.63, 3.8) is 0 Å². The van der Waals surface area contributed by atoms with Gasteiger partial charge >= 0.3 is 0 Å². The molecule has 19 heavy (non-hydrogen) atoms. The molecule has 2 rings (SSSR count). The maximum Gasteiger partial charge on any atom is 0.170 e. The van der Waals surface area contributed by atoms with E-state index in [1.807, 2.05) is 26.1 Å². The van der Waals surface area contributed by atoms with Crippen molar-refractivity contribution in [1.82, 2.24) is 9.78 Å². The first-order chi connectivity index (χ1) is 8.99. The van der Waals surface area contributed by atoms with E-state index in [1.54, 1.807) is 10.7 Å². The Morgan fingerprint density at radius 1 is 1.42 bits per heavy atom. The highest BCUT2D eigenvalue weighted by Gasteiger charge is 2.15. The van der Waals surface area contributed by atoms with E-state index in [1.165, 1.54) is 12.1 Å². The van der Waals surface area contributed by atoms with Crippen LogP contribution in [-0.4, -0.2) is 15.6 Å². The van der Waals surface area contributed by atoms with E-state index in [4.69, 9.17) is 0 Å². The number of Topliss-reactive ketones (excluding diaryl/α,β-unsaturated/α-hetero) is 1. The van der Waals surface area contributed by atoms with Crippen molar-refractivity contribution >= 4 is 21.7 Å². The molecular weight excluding hydrogens is 311 g/mol. The number of carbonyl (C=O) groups excluding carboxylic acids is 1. The molecule has 1 aromatic carbocycles. The highest BCUT2D eigenvalue weighted by molar-refractivity contribution is 9.10. The van der Waals surface area contributed by atoms with Gasteiger partial charge in [0.1, 0.15) is 5.82 Å². The van der Waals surface area contributed by atoms with Crippen molar-refractivity contribution in [1.29, 1.82) is 0 Å². The minimum atomic E-state index is -0.432. The lowest BCUT2D eigenvalue weighted by molar-refractivity contribution is 0.0990. The van der Waals surface area contributed by atoms with E-state index in [9.17, 15) is 9.18 Å². The molecule has 3 nitrogen and oxygen atoms in total. The van der Waals surface area contributed by atoms with Crippen LogP contribution in [-0.2, 0) is 6.42 Å². The highest BCUT2D eigenvalue weighted by atomic mass is 79.9. The van der Waals surface area contributed by atoms with Crippen LogP contribution in [0.15, 0.2) is 34.9 Å². The van der Waals surface area contributed by atoms with Crippen molar-refractivity contribution in [3.05, 3.63) is 52.0 Å². The molecule has 0 fully saturated rings. The molecule has 0 saturated carbocycles. The van der Waals surface area contributed by atoms with Gasteiger partial charge in [-0.2, -0.15) is 5.10 Å². The largest absolute Gasteiger partial charge is 0.294 e. The molecule has 0 radical (unpaired) electrons. The van der Waals surface area contributed by atoms with Crippen molar-refractivity contribution in [2.75, 3.05) is 0 Å². The van der Waals surface area contributed by atoms with Gasteiger partial charge in [0.05, 0.1) is 16.6 Å². The van der Waals surface area contributed by atoms with Crippen LogP contribution < -0.4 is 0 Å². The predicted octanol–water partition coefficient (Wildman–Crippen LogP) is 3.79. The Hall–Kier alpha value is -1.49. The first-order valence-electron chi connectivity index (χ1n) is 6.00. The van der Waals surface area contributed by atoms with Crippen LogP contribution in [0.3, 0.4) is 0 Å². The van der Waals surface area contributed by atoms with Crippen molar-refractivity contribution in [2.24, 2.45) is 0 Å². The van der Waals surface area contributed by atoms with Crippen LogP contribution in [0, 0.1) is 5.82 Å². The molecule has 0 aliphatic rings. The first kappa shape index (κ1) is 13.9. The summed E-state index contributed by atoms with van der Waals surface area (Å²) in [5.74, 6) is -0.584. The monoisotopic (exact) mass is 324 g/mol. The number of rotatable bonds is 4. The zero-order valence-electron chi connectivity index (χ0n) is 10.7. The van der Waals surface area contributed by atoms with E-state index in [0.29, 0.717) is 11.3 Å². The smallest absolute Gasteiger partial charge is 0.170 e. The minimum absolute atomic E-state index is 0.152. The van der Waals surface area contributed by atoms with Crippen LogP contribution in [0.4, 0.5) is 4.39 Å². The number of hydrogen-bond acceptors (Lipinski definition) is 2. The van der Waals surface area contributed by atoms with Crippen LogP contribution >= 0.6 is 15.9 Å². The van der Waals surface area contributed by atoms with Gasteiger partial charge in [-0.05, 0) is 41.9 Å².